The molecule has 1 atom stereocenters. The molecule has 0 radical (unpaired) electrons. The molecule has 0 amide bonds. The van der Waals surface area contributed by atoms with E-state index in [1.54, 1.807) is 24.3 Å². The Bertz CT molecular complexity index is 638. The van der Waals surface area contributed by atoms with Crippen molar-refractivity contribution in [2.75, 3.05) is 0 Å². The van der Waals surface area contributed by atoms with Crippen LogP contribution in [0.5, 0.6) is 11.5 Å². The van der Waals surface area contributed by atoms with Gasteiger partial charge in [0.1, 0.15) is 11.5 Å². The van der Waals surface area contributed by atoms with Gasteiger partial charge in [-0.3, -0.25) is 0 Å². The third kappa shape index (κ3) is 3.87. The number of aromatic hydroxyl groups is 2. The van der Waals surface area contributed by atoms with Gasteiger partial charge < -0.3 is 15.1 Å². The van der Waals surface area contributed by atoms with E-state index in [4.69, 9.17) is 9.78 Å². The summed E-state index contributed by atoms with van der Waals surface area (Å²) >= 11 is 2.91. The topological polar surface area (TPSA) is 58.9 Å². The minimum atomic E-state index is -0.228. The fourth-order valence-electron chi connectivity index (χ4n) is 1.66. The molecule has 2 aromatic rings. The number of hydrogen-bond donors (Lipinski definition) is 2. The molecule has 0 aromatic heterocycles. The van der Waals surface area contributed by atoms with Crippen LogP contribution in [0.4, 0.5) is 0 Å². The molecule has 4 nitrogen and oxygen atoms in total. The number of phenolic OH excluding ortho intramolecular Hbond substituents is 2. The first-order valence-corrected chi connectivity index (χ1v) is 7.86. The Balaban J connectivity index is 1.61. The molecule has 0 saturated heterocycles. The second-order valence-electron chi connectivity index (χ2n) is 4.24. The van der Waals surface area contributed by atoms with Gasteiger partial charge >= 0.3 is 0 Å². The maximum absolute atomic E-state index is 9.24. The van der Waals surface area contributed by atoms with Crippen LogP contribution in [-0.4, -0.2) is 15.6 Å². The smallest absolute Gasteiger partial charge is 0.203 e. The minimum absolute atomic E-state index is 0.228. The Kier molecular flexibility index (Phi) is 4.28. The van der Waals surface area contributed by atoms with E-state index in [-0.39, 0.29) is 16.9 Å². The normalized spacial score (nSPS) is 17.3. The van der Waals surface area contributed by atoms with Crippen molar-refractivity contribution in [2.45, 2.75) is 15.2 Å². The fraction of sp³-hybridized carbons (Fsp3) is 0.0667. The van der Waals surface area contributed by atoms with Crippen molar-refractivity contribution in [3.63, 3.8) is 0 Å². The lowest BCUT2D eigenvalue weighted by Crippen LogP contribution is -1.96. The molecule has 21 heavy (non-hydrogen) atoms. The van der Waals surface area contributed by atoms with Crippen LogP contribution >= 0.6 is 23.5 Å². The van der Waals surface area contributed by atoms with Crippen molar-refractivity contribution < 1.29 is 20.0 Å². The zero-order valence-corrected chi connectivity index (χ0v) is 12.4. The SMILES string of the molecule is Oc1ccc(SC2=CC(Sc3ccc(O)cc3)OO2)cc1. The third-order valence-electron chi connectivity index (χ3n) is 2.64. The lowest BCUT2D eigenvalue weighted by atomic mass is 10.3. The minimum Gasteiger partial charge on any atom is -0.508 e. The summed E-state index contributed by atoms with van der Waals surface area (Å²) < 4.78 is 0. The van der Waals surface area contributed by atoms with Crippen LogP contribution < -0.4 is 0 Å². The maximum atomic E-state index is 9.24. The molecule has 1 aliphatic heterocycles. The van der Waals surface area contributed by atoms with Gasteiger partial charge in [0.15, 0.2) is 5.44 Å². The largest absolute Gasteiger partial charge is 0.508 e. The summed E-state index contributed by atoms with van der Waals surface area (Å²) in [5.41, 5.74) is -0.228. The lowest BCUT2D eigenvalue weighted by molar-refractivity contribution is -0.235. The zero-order valence-electron chi connectivity index (χ0n) is 10.8. The van der Waals surface area contributed by atoms with E-state index in [0.29, 0.717) is 5.09 Å². The first kappa shape index (κ1) is 14.2. The van der Waals surface area contributed by atoms with Crippen molar-refractivity contribution in [1.82, 2.24) is 0 Å². The van der Waals surface area contributed by atoms with Crippen LogP contribution in [0.3, 0.4) is 0 Å². The van der Waals surface area contributed by atoms with Gasteiger partial charge in [-0.05, 0) is 60.3 Å². The molecular formula is C15H12O4S2. The van der Waals surface area contributed by atoms with Crippen LogP contribution in [0.25, 0.3) is 0 Å². The molecule has 2 N–H and O–H groups in total. The van der Waals surface area contributed by atoms with E-state index in [0.717, 1.165) is 9.79 Å². The van der Waals surface area contributed by atoms with E-state index in [9.17, 15) is 10.2 Å². The summed E-state index contributed by atoms with van der Waals surface area (Å²) in [4.78, 5) is 12.4. The Morgan fingerprint density at radius 3 is 2.00 bits per heavy atom. The van der Waals surface area contributed by atoms with Crippen molar-refractivity contribution in [1.29, 1.82) is 0 Å². The van der Waals surface area contributed by atoms with Crippen molar-refractivity contribution in [2.24, 2.45) is 0 Å². The van der Waals surface area contributed by atoms with Crippen molar-refractivity contribution >= 4 is 23.5 Å². The average Bonchev–Trinajstić information content (AvgIpc) is 2.91. The molecule has 2 aromatic carbocycles. The van der Waals surface area contributed by atoms with Gasteiger partial charge in [0, 0.05) is 15.9 Å². The molecule has 1 unspecified atom stereocenters. The van der Waals surface area contributed by atoms with Gasteiger partial charge in [-0.25, -0.2) is 0 Å². The van der Waals surface area contributed by atoms with E-state index >= 15 is 0 Å². The summed E-state index contributed by atoms with van der Waals surface area (Å²) in [5, 5.41) is 19.2. The molecule has 0 spiro atoms. The Labute approximate surface area is 130 Å². The molecule has 6 heteroatoms. The molecule has 0 aliphatic carbocycles. The molecule has 0 bridgehead atoms. The first-order valence-electron chi connectivity index (χ1n) is 6.17. The van der Waals surface area contributed by atoms with Gasteiger partial charge in [-0.2, -0.15) is 4.89 Å². The predicted molar refractivity (Wildman–Crippen MR) is 82.0 cm³/mol. The van der Waals surface area contributed by atoms with Crippen molar-refractivity contribution in [3.05, 3.63) is 59.7 Å². The van der Waals surface area contributed by atoms with Crippen LogP contribution in [0.2, 0.25) is 0 Å². The second-order valence-corrected chi connectivity index (χ2v) is 6.49. The highest BCUT2D eigenvalue weighted by Crippen LogP contribution is 2.37. The zero-order chi connectivity index (χ0) is 14.7. The monoisotopic (exact) mass is 320 g/mol. The molecule has 0 saturated carbocycles. The van der Waals surface area contributed by atoms with Crippen LogP contribution in [0, 0.1) is 0 Å². The van der Waals surface area contributed by atoms with E-state index < -0.39 is 0 Å². The van der Waals surface area contributed by atoms with E-state index in [1.165, 1.54) is 23.5 Å². The lowest BCUT2D eigenvalue weighted by Gasteiger charge is -2.05. The highest BCUT2D eigenvalue weighted by atomic mass is 32.2. The molecule has 1 heterocycles. The Hall–Kier alpha value is -1.76. The molecule has 1 aliphatic rings. The predicted octanol–water partition coefficient (Wildman–Crippen LogP) is 4.11. The van der Waals surface area contributed by atoms with Gasteiger partial charge in [0.25, 0.3) is 0 Å². The average molecular weight is 320 g/mol. The quantitative estimate of drug-likeness (QED) is 0.827. The Morgan fingerprint density at radius 2 is 1.38 bits per heavy atom. The fourth-order valence-corrected chi connectivity index (χ4v) is 3.34. The van der Waals surface area contributed by atoms with Gasteiger partial charge in [0.05, 0.1) is 0 Å². The summed E-state index contributed by atoms with van der Waals surface area (Å²) in [6, 6.07) is 13.8. The van der Waals surface area contributed by atoms with Crippen molar-refractivity contribution in [3.8, 4) is 11.5 Å². The standard InChI is InChI=1S/C15H12O4S2/c16-10-1-5-12(6-2-10)20-14-9-15(19-18-14)21-13-7-3-11(17)4-8-13/h1-9,14,16-17H. The number of thioether (sulfide) groups is 2. The number of hydrogen-bond acceptors (Lipinski definition) is 6. The second kappa shape index (κ2) is 6.34. The summed E-state index contributed by atoms with van der Waals surface area (Å²) in [6.45, 7) is 0. The number of phenols is 2. The van der Waals surface area contributed by atoms with Gasteiger partial charge in [0.2, 0.25) is 5.09 Å². The van der Waals surface area contributed by atoms with Crippen LogP contribution in [-0.2, 0) is 9.78 Å². The highest BCUT2D eigenvalue weighted by molar-refractivity contribution is 8.03. The van der Waals surface area contributed by atoms with Crippen LogP contribution in [0.15, 0.2) is 69.5 Å². The maximum Gasteiger partial charge on any atom is 0.203 e. The van der Waals surface area contributed by atoms with E-state index in [2.05, 4.69) is 0 Å². The molecule has 108 valence electrons. The van der Waals surface area contributed by atoms with Crippen LogP contribution in [0.1, 0.15) is 0 Å². The summed E-state index contributed by atoms with van der Waals surface area (Å²) in [5.74, 6) is 0.472. The number of benzene rings is 2. The van der Waals surface area contributed by atoms with E-state index in [1.807, 2.05) is 30.3 Å². The number of rotatable bonds is 4. The van der Waals surface area contributed by atoms with Gasteiger partial charge in [-0.1, -0.05) is 11.8 Å². The summed E-state index contributed by atoms with van der Waals surface area (Å²) in [7, 11) is 0. The molecule has 0 fully saturated rings. The highest BCUT2D eigenvalue weighted by Gasteiger charge is 2.21. The summed E-state index contributed by atoms with van der Waals surface area (Å²) in [6.07, 6.45) is 1.88. The molecule has 3 rings (SSSR count). The third-order valence-corrected chi connectivity index (χ3v) is 4.55. The molecular weight excluding hydrogens is 308 g/mol. The first-order chi connectivity index (χ1) is 10.2. The van der Waals surface area contributed by atoms with Gasteiger partial charge in [-0.15, -0.1) is 0 Å². The Morgan fingerprint density at radius 1 is 0.810 bits per heavy atom.